The van der Waals surface area contributed by atoms with Gasteiger partial charge in [0, 0.05) is 29.7 Å². The Hall–Kier alpha value is -1.28. The summed E-state index contributed by atoms with van der Waals surface area (Å²) in [5.41, 5.74) is 3.80. The van der Waals surface area contributed by atoms with Crippen LogP contribution < -0.4 is 0 Å². The van der Waals surface area contributed by atoms with E-state index < -0.39 is 0 Å². The van der Waals surface area contributed by atoms with E-state index in [2.05, 4.69) is 49.7 Å². The van der Waals surface area contributed by atoms with Gasteiger partial charge in [-0.15, -0.1) is 0 Å². The van der Waals surface area contributed by atoms with Crippen LogP contribution in [-0.2, 0) is 6.42 Å². The van der Waals surface area contributed by atoms with Gasteiger partial charge in [0.1, 0.15) is 0 Å². The minimum atomic E-state index is 0.215. The number of hydrogen-bond acceptors (Lipinski definition) is 1. The van der Waals surface area contributed by atoms with Crippen molar-refractivity contribution in [2.24, 2.45) is 0 Å². The van der Waals surface area contributed by atoms with Gasteiger partial charge in [0.15, 0.2) is 0 Å². The van der Waals surface area contributed by atoms with E-state index in [0.29, 0.717) is 6.04 Å². The molecular weight excluding hydrogens is 198 g/mol. The number of nitrogens with zero attached hydrogens (tertiary/aromatic N) is 1. The zero-order valence-corrected chi connectivity index (χ0v) is 10.2. The van der Waals surface area contributed by atoms with E-state index in [9.17, 15) is 0 Å². The number of aliphatic hydroxyl groups is 1. The molecule has 0 bridgehead atoms. The fourth-order valence-corrected chi connectivity index (χ4v) is 2.18. The van der Waals surface area contributed by atoms with E-state index in [0.717, 1.165) is 6.42 Å². The van der Waals surface area contributed by atoms with Crippen molar-refractivity contribution in [2.45, 2.75) is 33.2 Å². The third-order valence-electron chi connectivity index (χ3n) is 3.05. The molecule has 0 spiro atoms. The summed E-state index contributed by atoms with van der Waals surface area (Å²) in [5.74, 6) is 0. The lowest BCUT2D eigenvalue weighted by Crippen LogP contribution is -1.99. The summed E-state index contributed by atoms with van der Waals surface area (Å²) >= 11 is 0. The van der Waals surface area contributed by atoms with Crippen LogP contribution in [-0.4, -0.2) is 16.3 Å². The highest BCUT2D eigenvalue weighted by atomic mass is 16.2. The molecule has 0 saturated heterocycles. The molecule has 0 radical (unpaired) electrons. The Morgan fingerprint density at radius 3 is 2.69 bits per heavy atom. The fraction of sp³-hybridized carbons (Fsp3) is 0.429. The van der Waals surface area contributed by atoms with Crippen LogP contribution in [0.4, 0.5) is 0 Å². The van der Waals surface area contributed by atoms with E-state index in [1.807, 2.05) is 0 Å². The van der Waals surface area contributed by atoms with Gasteiger partial charge in [-0.3, -0.25) is 0 Å². The highest BCUT2D eigenvalue weighted by Gasteiger charge is 2.08. The summed E-state index contributed by atoms with van der Waals surface area (Å²) in [6.07, 6.45) is 2.94. The number of hydrogen-bond donors (Lipinski definition) is 1. The minimum Gasteiger partial charge on any atom is -0.396 e. The normalized spacial score (nSPS) is 11.6. The summed E-state index contributed by atoms with van der Waals surface area (Å²) in [5, 5.41) is 10.3. The topological polar surface area (TPSA) is 25.2 Å². The zero-order valence-electron chi connectivity index (χ0n) is 10.2. The van der Waals surface area contributed by atoms with Crippen molar-refractivity contribution in [2.75, 3.05) is 6.61 Å². The predicted octanol–water partition coefficient (Wildman–Crippen LogP) is 3.07. The maximum Gasteiger partial charge on any atom is 0.0488 e. The van der Waals surface area contributed by atoms with Gasteiger partial charge in [0.25, 0.3) is 0 Å². The number of aryl methyl sites for hydroxylation is 1. The Labute approximate surface area is 96.5 Å². The molecular formula is C14H19NO. The SMILES string of the molecule is Cc1cn(C(C)C)c2cc(CCO)ccc12. The molecule has 2 nitrogen and oxygen atoms in total. The molecule has 2 rings (SSSR count). The molecule has 0 fully saturated rings. The van der Waals surface area contributed by atoms with Crippen LogP contribution in [0.5, 0.6) is 0 Å². The molecule has 2 heteroatoms. The van der Waals surface area contributed by atoms with Crippen molar-refractivity contribution in [1.82, 2.24) is 4.57 Å². The smallest absolute Gasteiger partial charge is 0.0488 e. The second-order valence-corrected chi connectivity index (χ2v) is 4.64. The van der Waals surface area contributed by atoms with Crippen LogP contribution in [0.1, 0.15) is 31.0 Å². The molecule has 0 unspecified atom stereocenters. The molecule has 16 heavy (non-hydrogen) atoms. The van der Waals surface area contributed by atoms with E-state index >= 15 is 0 Å². The van der Waals surface area contributed by atoms with Crippen molar-refractivity contribution in [3.05, 3.63) is 35.5 Å². The molecule has 0 atom stereocenters. The Morgan fingerprint density at radius 1 is 1.31 bits per heavy atom. The molecule has 1 aromatic heterocycles. The maximum absolute atomic E-state index is 8.97. The first kappa shape index (κ1) is 11.2. The van der Waals surface area contributed by atoms with Crippen LogP contribution in [0.25, 0.3) is 10.9 Å². The van der Waals surface area contributed by atoms with Gasteiger partial charge in [-0.05, 0) is 44.4 Å². The van der Waals surface area contributed by atoms with Gasteiger partial charge >= 0.3 is 0 Å². The van der Waals surface area contributed by atoms with Crippen LogP contribution in [0.3, 0.4) is 0 Å². The lowest BCUT2D eigenvalue weighted by molar-refractivity contribution is 0.299. The standard InChI is InChI=1S/C14H19NO/c1-10(2)15-9-11(3)13-5-4-12(6-7-16)8-14(13)15/h4-5,8-10,16H,6-7H2,1-3H3. The van der Waals surface area contributed by atoms with Crippen LogP contribution >= 0.6 is 0 Å². The lowest BCUT2D eigenvalue weighted by atomic mass is 10.1. The Morgan fingerprint density at radius 2 is 2.06 bits per heavy atom. The van der Waals surface area contributed by atoms with E-state index in [-0.39, 0.29) is 6.61 Å². The van der Waals surface area contributed by atoms with Crippen molar-refractivity contribution in [3.8, 4) is 0 Å². The maximum atomic E-state index is 8.97. The van der Waals surface area contributed by atoms with E-state index in [4.69, 9.17) is 5.11 Å². The van der Waals surface area contributed by atoms with Crippen molar-refractivity contribution in [1.29, 1.82) is 0 Å². The average Bonchev–Trinajstić information content (AvgIpc) is 2.57. The molecule has 2 aromatic rings. The second-order valence-electron chi connectivity index (χ2n) is 4.64. The first-order chi connectivity index (χ1) is 7.63. The van der Waals surface area contributed by atoms with Crippen LogP contribution in [0, 0.1) is 6.92 Å². The molecule has 1 N–H and O–H groups in total. The summed E-state index contributed by atoms with van der Waals surface area (Å²) in [6, 6.07) is 6.93. The number of aliphatic hydroxyl groups excluding tert-OH is 1. The molecule has 0 aliphatic heterocycles. The van der Waals surface area contributed by atoms with Gasteiger partial charge in [-0.25, -0.2) is 0 Å². The van der Waals surface area contributed by atoms with Gasteiger partial charge in [-0.2, -0.15) is 0 Å². The fourth-order valence-electron chi connectivity index (χ4n) is 2.18. The third kappa shape index (κ3) is 1.85. The summed E-state index contributed by atoms with van der Waals surface area (Å²) in [7, 11) is 0. The summed E-state index contributed by atoms with van der Waals surface area (Å²) in [4.78, 5) is 0. The van der Waals surface area contributed by atoms with Gasteiger partial charge in [-0.1, -0.05) is 12.1 Å². The van der Waals surface area contributed by atoms with Crippen LogP contribution in [0.2, 0.25) is 0 Å². The highest BCUT2D eigenvalue weighted by molar-refractivity contribution is 5.84. The molecule has 0 amide bonds. The molecule has 86 valence electrons. The summed E-state index contributed by atoms with van der Waals surface area (Å²) < 4.78 is 2.30. The van der Waals surface area contributed by atoms with E-state index in [1.54, 1.807) is 0 Å². The highest BCUT2D eigenvalue weighted by Crippen LogP contribution is 2.25. The predicted molar refractivity (Wildman–Crippen MR) is 67.8 cm³/mol. The Bertz CT molecular complexity index is 497. The van der Waals surface area contributed by atoms with Gasteiger partial charge in [0.2, 0.25) is 0 Å². The molecule has 0 aliphatic carbocycles. The molecule has 1 aromatic carbocycles. The molecule has 0 saturated carbocycles. The quantitative estimate of drug-likeness (QED) is 0.839. The Kier molecular flexibility index (Phi) is 3.01. The van der Waals surface area contributed by atoms with Crippen molar-refractivity contribution in [3.63, 3.8) is 0 Å². The first-order valence-corrected chi connectivity index (χ1v) is 5.84. The third-order valence-corrected chi connectivity index (χ3v) is 3.05. The number of aromatic nitrogens is 1. The Balaban J connectivity index is 2.60. The number of benzene rings is 1. The van der Waals surface area contributed by atoms with Gasteiger partial charge in [0.05, 0.1) is 0 Å². The number of rotatable bonds is 3. The van der Waals surface area contributed by atoms with Crippen molar-refractivity contribution >= 4 is 10.9 Å². The van der Waals surface area contributed by atoms with Gasteiger partial charge < -0.3 is 9.67 Å². The molecule has 1 heterocycles. The largest absolute Gasteiger partial charge is 0.396 e. The van der Waals surface area contributed by atoms with Crippen molar-refractivity contribution < 1.29 is 5.11 Å². The van der Waals surface area contributed by atoms with Crippen LogP contribution in [0.15, 0.2) is 24.4 Å². The number of fused-ring (bicyclic) bond motifs is 1. The lowest BCUT2D eigenvalue weighted by Gasteiger charge is -2.09. The first-order valence-electron chi connectivity index (χ1n) is 5.84. The van der Waals surface area contributed by atoms with E-state index in [1.165, 1.54) is 22.0 Å². The monoisotopic (exact) mass is 217 g/mol. The second kappa shape index (κ2) is 4.30. The molecule has 0 aliphatic rings. The zero-order chi connectivity index (χ0) is 11.7. The minimum absolute atomic E-state index is 0.215. The average molecular weight is 217 g/mol. The summed E-state index contributed by atoms with van der Waals surface area (Å²) in [6.45, 7) is 6.75.